The molecule has 0 bridgehead atoms. The molecule has 0 saturated heterocycles. The molecular weight excluding hydrogens is 388 g/mol. The monoisotopic (exact) mass is 412 g/mol. The molecule has 3 aromatic rings. The molecule has 1 aliphatic heterocycles. The summed E-state index contributed by atoms with van der Waals surface area (Å²) in [6.45, 7) is 5.94. The summed E-state index contributed by atoms with van der Waals surface area (Å²) in [7, 11) is 1.57. The second kappa shape index (κ2) is 8.11. The number of hydrogen-bond acceptors (Lipinski definition) is 4. The Labute approximate surface area is 182 Å². The molecule has 5 nitrogen and oxygen atoms in total. The first kappa shape index (κ1) is 20.4. The van der Waals surface area contributed by atoms with Crippen LogP contribution in [0.3, 0.4) is 0 Å². The summed E-state index contributed by atoms with van der Waals surface area (Å²) in [6, 6.07) is 20.5. The van der Waals surface area contributed by atoms with Gasteiger partial charge in [-0.05, 0) is 61.7 Å². The standard InChI is InChI=1S/C26H24N2O3/c1-16-9-12-19(13-10-16)23-24(27-21-7-5-6-8-22(21)31-4)26(30)28(25(23)29)20-14-11-17(2)18(3)15-20/h5-15,27H,1-4H3. The molecule has 1 aliphatic rings. The van der Waals surface area contributed by atoms with Crippen LogP contribution in [0.15, 0.2) is 72.4 Å². The zero-order chi connectivity index (χ0) is 22.1. The maximum absolute atomic E-state index is 13.5. The third kappa shape index (κ3) is 3.70. The number of hydrogen-bond donors (Lipinski definition) is 1. The minimum Gasteiger partial charge on any atom is -0.495 e. The Hall–Kier alpha value is -3.86. The molecule has 2 amide bonds. The SMILES string of the molecule is COc1ccccc1NC1=C(c2ccc(C)cc2)C(=O)N(c2ccc(C)c(C)c2)C1=O. The Morgan fingerprint density at radius 3 is 2.19 bits per heavy atom. The van der Waals surface area contributed by atoms with Crippen molar-refractivity contribution in [1.29, 1.82) is 0 Å². The van der Waals surface area contributed by atoms with Gasteiger partial charge in [-0.3, -0.25) is 9.59 Å². The van der Waals surface area contributed by atoms with Crippen molar-refractivity contribution >= 4 is 28.8 Å². The number of imide groups is 1. The maximum Gasteiger partial charge on any atom is 0.282 e. The summed E-state index contributed by atoms with van der Waals surface area (Å²) in [6.07, 6.45) is 0. The summed E-state index contributed by atoms with van der Waals surface area (Å²) in [5.41, 5.74) is 5.63. The summed E-state index contributed by atoms with van der Waals surface area (Å²) in [5.74, 6) is -0.160. The van der Waals surface area contributed by atoms with Gasteiger partial charge in [0.15, 0.2) is 0 Å². The topological polar surface area (TPSA) is 58.6 Å². The van der Waals surface area contributed by atoms with Crippen molar-refractivity contribution in [2.75, 3.05) is 17.3 Å². The van der Waals surface area contributed by atoms with Gasteiger partial charge in [-0.1, -0.05) is 48.0 Å². The molecule has 0 fully saturated rings. The van der Waals surface area contributed by atoms with Gasteiger partial charge in [-0.25, -0.2) is 4.90 Å². The fourth-order valence-electron chi connectivity index (χ4n) is 3.62. The molecule has 0 atom stereocenters. The number of para-hydroxylation sites is 2. The number of amides is 2. The van der Waals surface area contributed by atoms with Crippen LogP contribution in [0, 0.1) is 20.8 Å². The van der Waals surface area contributed by atoms with Gasteiger partial charge in [0, 0.05) is 0 Å². The minimum absolute atomic E-state index is 0.233. The molecule has 0 aliphatic carbocycles. The van der Waals surface area contributed by atoms with E-state index in [1.165, 1.54) is 4.90 Å². The zero-order valence-corrected chi connectivity index (χ0v) is 18.0. The van der Waals surface area contributed by atoms with Gasteiger partial charge in [0.1, 0.15) is 11.4 Å². The first-order chi connectivity index (χ1) is 14.9. The third-order valence-corrected chi connectivity index (χ3v) is 5.54. The second-order valence-corrected chi connectivity index (χ2v) is 7.66. The summed E-state index contributed by atoms with van der Waals surface area (Å²) >= 11 is 0. The number of nitrogens with zero attached hydrogens (tertiary/aromatic N) is 1. The number of aryl methyl sites for hydroxylation is 3. The molecule has 4 rings (SSSR count). The fourth-order valence-corrected chi connectivity index (χ4v) is 3.62. The van der Waals surface area contributed by atoms with E-state index in [1.54, 1.807) is 19.2 Å². The number of benzene rings is 3. The van der Waals surface area contributed by atoms with Crippen LogP contribution in [0.1, 0.15) is 22.3 Å². The molecule has 0 unspecified atom stereocenters. The summed E-state index contributed by atoms with van der Waals surface area (Å²) < 4.78 is 5.42. The molecule has 1 heterocycles. The first-order valence-electron chi connectivity index (χ1n) is 10.1. The number of ether oxygens (including phenoxy) is 1. The Balaban J connectivity index is 1.84. The lowest BCUT2D eigenvalue weighted by molar-refractivity contribution is -0.120. The van der Waals surface area contributed by atoms with Crippen molar-refractivity contribution in [1.82, 2.24) is 0 Å². The van der Waals surface area contributed by atoms with Gasteiger partial charge >= 0.3 is 0 Å². The van der Waals surface area contributed by atoms with E-state index in [0.717, 1.165) is 16.7 Å². The average Bonchev–Trinajstić information content (AvgIpc) is 3.01. The van der Waals surface area contributed by atoms with Crippen molar-refractivity contribution < 1.29 is 14.3 Å². The van der Waals surface area contributed by atoms with E-state index >= 15 is 0 Å². The quantitative estimate of drug-likeness (QED) is 0.598. The predicted octanol–water partition coefficient (Wildman–Crippen LogP) is 5.02. The lowest BCUT2D eigenvalue weighted by Crippen LogP contribution is -2.32. The van der Waals surface area contributed by atoms with E-state index in [2.05, 4.69) is 5.32 Å². The van der Waals surface area contributed by atoms with E-state index in [1.807, 2.05) is 75.4 Å². The van der Waals surface area contributed by atoms with Crippen LogP contribution >= 0.6 is 0 Å². The van der Waals surface area contributed by atoms with Crippen molar-refractivity contribution in [3.63, 3.8) is 0 Å². The number of nitrogens with one attached hydrogen (secondary N) is 1. The van der Waals surface area contributed by atoms with Crippen LogP contribution in [0.4, 0.5) is 11.4 Å². The van der Waals surface area contributed by atoms with Gasteiger partial charge in [-0.15, -0.1) is 0 Å². The van der Waals surface area contributed by atoms with E-state index < -0.39 is 5.91 Å². The van der Waals surface area contributed by atoms with Crippen molar-refractivity contribution in [2.24, 2.45) is 0 Å². The lowest BCUT2D eigenvalue weighted by atomic mass is 10.0. The summed E-state index contributed by atoms with van der Waals surface area (Å²) in [4.78, 5) is 28.3. The van der Waals surface area contributed by atoms with Gasteiger partial charge < -0.3 is 10.1 Å². The number of carbonyl (C=O) groups excluding carboxylic acids is 2. The molecule has 5 heteroatoms. The number of anilines is 2. The first-order valence-corrected chi connectivity index (χ1v) is 10.1. The fraction of sp³-hybridized carbons (Fsp3) is 0.154. The lowest BCUT2D eigenvalue weighted by Gasteiger charge is -2.17. The van der Waals surface area contributed by atoms with Crippen LogP contribution in [-0.4, -0.2) is 18.9 Å². The zero-order valence-electron chi connectivity index (χ0n) is 18.0. The second-order valence-electron chi connectivity index (χ2n) is 7.66. The van der Waals surface area contributed by atoms with Crippen LogP contribution in [0.5, 0.6) is 5.75 Å². The molecule has 0 saturated carbocycles. The molecule has 0 radical (unpaired) electrons. The minimum atomic E-state index is -0.394. The smallest absolute Gasteiger partial charge is 0.282 e. The van der Waals surface area contributed by atoms with Crippen LogP contribution < -0.4 is 15.0 Å². The van der Waals surface area contributed by atoms with Gasteiger partial charge in [0.05, 0.1) is 24.1 Å². The number of methoxy groups -OCH3 is 1. The van der Waals surface area contributed by atoms with Gasteiger partial charge in [0.2, 0.25) is 0 Å². The highest BCUT2D eigenvalue weighted by molar-refractivity contribution is 6.46. The van der Waals surface area contributed by atoms with Gasteiger partial charge in [-0.2, -0.15) is 0 Å². The molecule has 1 N–H and O–H groups in total. The van der Waals surface area contributed by atoms with Gasteiger partial charge in [0.25, 0.3) is 11.8 Å². The Morgan fingerprint density at radius 2 is 1.52 bits per heavy atom. The molecule has 3 aromatic carbocycles. The highest BCUT2D eigenvalue weighted by Crippen LogP contribution is 2.36. The Kier molecular flexibility index (Phi) is 5.34. The highest BCUT2D eigenvalue weighted by Gasteiger charge is 2.40. The average molecular weight is 412 g/mol. The highest BCUT2D eigenvalue weighted by atomic mass is 16.5. The number of carbonyl (C=O) groups is 2. The van der Waals surface area contributed by atoms with Crippen LogP contribution in [0.2, 0.25) is 0 Å². The van der Waals surface area contributed by atoms with Crippen molar-refractivity contribution in [3.8, 4) is 5.75 Å². The third-order valence-electron chi connectivity index (χ3n) is 5.54. The van der Waals surface area contributed by atoms with Crippen molar-refractivity contribution in [3.05, 3.63) is 94.7 Å². The predicted molar refractivity (Wildman–Crippen MR) is 123 cm³/mol. The Morgan fingerprint density at radius 1 is 0.806 bits per heavy atom. The Bertz CT molecular complexity index is 1210. The molecule has 156 valence electrons. The molecular formula is C26H24N2O3. The molecule has 0 spiro atoms. The van der Waals surface area contributed by atoms with E-state index in [9.17, 15) is 9.59 Å². The van der Waals surface area contributed by atoms with E-state index in [0.29, 0.717) is 28.3 Å². The normalized spacial score (nSPS) is 13.7. The molecule has 0 aromatic heterocycles. The van der Waals surface area contributed by atoms with E-state index in [4.69, 9.17) is 4.74 Å². The largest absolute Gasteiger partial charge is 0.495 e. The van der Waals surface area contributed by atoms with Crippen LogP contribution in [0.25, 0.3) is 5.57 Å². The van der Waals surface area contributed by atoms with E-state index in [-0.39, 0.29) is 11.6 Å². The van der Waals surface area contributed by atoms with Crippen molar-refractivity contribution in [2.45, 2.75) is 20.8 Å². The number of rotatable bonds is 5. The summed E-state index contributed by atoms with van der Waals surface area (Å²) in [5, 5.41) is 3.17. The molecule has 31 heavy (non-hydrogen) atoms. The van der Waals surface area contributed by atoms with Crippen LogP contribution in [-0.2, 0) is 9.59 Å². The maximum atomic E-state index is 13.5.